The third-order valence-corrected chi connectivity index (χ3v) is 6.62. The van der Waals surface area contributed by atoms with Gasteiger partial charge in [-0.1, -0.05) is 80.8 Å². The highest BCUT2D eigenvalue weighted by atomic mass is 32.1. The second-order valence-corrected chi connectivity index (χ2v) is 8.90. The summed E-state index contributed by atoms with van der Waals surface area (Å²) in [6, 6.07) is 27.6. The molecule has 0 amide bonds. The quantitative estimate of drug-likeness (QED) is 0.209. The van der Waals surface area contributed by atoms with Crippen molar-refractivity contribution in [2.45, 2.75) is 44.4 Å². The van der Waals surface area contributed by atoms with Gasteiger partial charge in [0.15, 0.2) is 11.6 Å². The third kappa shape index (κ3) is 3.82. The van der Waals surface area contributed by atoms with Crippen LogP contribution < -0.4 is 0 Å². The van der Waals surface area contributed by atoms with Crippen molar-refractivity contribution in [3.05, 3.63) is 90.5 Å². The molecular formula is C27H28N4S. The molecule has 4 nitrogen and oxygen atoms in total. The number of unbranched alkanes of at least 4 members (excludes halogenated alkanes) is 2. The van der Waals surface area contributed by atoms with Gasteiger partial charge >= 0.3 is 0 Å². The first kappa shape index (κ1) is 20.8. The zero-order valence-electron chi connectivity index (χ0n) is 18.4. The molecule has 2 aromatic heterocycles. The minimum absolute atomic E-state index is 0.0566. The Balaban J connectivity index is 1.62. The van der Waals surface area contributed by atoms with E-state index in [1.165, 1.54) is 34.6 Å². The van der Waals surface area contributed by atoms with E-state index in [9.17, 15) is 0 Å². The van der Waals surface area contributed by atoms with Gasteiger partial charge < -0.3 is 4.57 Å². The van der Waals surface area contributed by atoms with Crippen LogP contribution in [-0.4, -0.2) is 19.3 Å². The van der Waals surface area contributed by atoms with E-state index in [0.29, 0.717) is 6.54 Å². The number of hydrogen-bond donors (Lipinski definition) is 1. The van der Waals surface area contributed by atoms with Crippen LogP contribution in [0.5, 0.6) is 0 Å². The molecule has 5 heteroatoms. The summed E-state index contributed by atoms with van der Waals surface area (Å²) in [5, 5.41) is 11.9. The summed E-state index contributed by atoms with van der Waals surface area (Å²) in [6.07, 6.45) is 4.56. The molecule has 1 unspecified atom stereocenters. The number of thiol groups is 1. The Morgan fingerprint density at radius 1 is 0.781 bits per heavy atom. The Hall–Kier alpha value is -3.05. The van der Waals surface area contributed by atoms with Gasteiger partial charge in [0.1, 0.15) is 0 Å². The molecule has 3 aromatic carbocycles. The molecule has 0 saturated carbocycles. The van der Waals surface area contributed by atoms with E-state index in [4.69, 9.17) is 12.6 Å². The van der Waals surface area contributed by atoms with Crippen LogP contribution in [0.4, 0.5) is 0 Å². The number of aromatic nitrogens is 4. The predicted molar refractivity (Wildman–Crippen MR) is 136 cm³/mol. The van der Waals surface area contributed by atoms with Crippen molar-refractivity contribution in [2.24, 2.45) is 0 Å². The van der Waals surface area contributed by atoms with Crippen LogP contribution in [0, 0.1) is 0 Å². The summed E-state index contributed by atoms with van der Waals surface area (Å²) in [5.74, 6) is 1.85. The summed E-state index contributed by atoms with van der Waals surface area (Å²) in [7, 11) is 0. The van der Waals surface area contributed by atoms with Gasteiger partial charge in [-0.2, -0.15) is 12.6 Å². The molecule has 0 N–H and O–H groups in total. The highest BCUT2D eigenvalue weighted by Gasteiger charge is 2.21. The maximum atomic E-state index is 4.93. The molecule has 5 rings (SSSR count). The van der Waals surface area contributed by atoms with Crippen LogP contribution in [0.3, 0.4) is 0 Å². The highest BCUT2D eigenvalue weighted by Crippen LogP contribution is 2.31. The number of rotatable bonds is 8. The molecule has 0 bridgehead atoms. The monoisotopic (exact) mass is 440 g/mol. The van der Waals surface area contributed by atoms with E-state index >= 15 is 0 Å². The van der Waals surface area contributed by atoms with Crippen LogP contribution in [0.2, 0.25) is 0 Å². The molecular weight excluding hydrogens is 412 g/mol. The maximum Gasteiger partial charge on any atom is 0.157 e. The molecule has 32 heavy (non-hydrogen) atoms. The summed E-state index contributed by atoms with van der Waals surface area (Å²) >= 11 is 4.93. The van der Waals surface area contributed by atoms with Crippen molar-refractivity contribution in [3.63, 3.8) is 0 Å². The van der Waals surface area contributed by atoms with Gasteiger partial charge in [0.25, 0.3) is 0 Å². The number of benzene rings is 3. The fraction of sp³-hybridized carbons (Fsp3) is 0.259. The maximum absolute atomic E-state index is 4.93. The Labute approximate surface area is 194 Å². The van der Waals surface area contributed by atoms with Gasteiger partial charge in [-0.05, 0) is 30.7 Å². The molecule has 0 radical (unpaired) electrons. The van der Waals surface area contributed by atoms with Crippen LogP contribution in [0.25, 0.3) is 27.5 Å². The SMILES string of the molecule is CCCCCC(S)c1nnc(Cn2c3ccccc3c3ccccc32)n1-c1ccccc1. The summed E-state index contributed by atoms with van der Waals surface area (Å²) < 4.78 is 4.55. The fourth-order valence-corrected chi connectivity index (χ4v) is 4.89. The molecule has 2 heterocycles. The first-order valence-electron chi connectivity index (χ1n) is 11.4. The topological polar surface area (TPSA) is 35.6 Å². The van der Waals surface area contributed by atoms with Gasteiger partial charge in [-0.3, -0.25) is 4.57 Å². The first-order valence-corrected chi connectivity index (χ1v) is 11.9. The highest BCUT2D eigenvalue weighted by molar-refractivity contribution is 7.80. The average molecular weight is 441 g/mol. The molecule has 162 valence electrons. The van der Waals surface area contributed by atoms with Crippen LogP contribution >= 0.6 is 12.6 Å². The first-order chi connectivity index (χ1) is 15.8. The molecule has 1 atom stereocenters. The van der Waals surface area contributed by atoms with Gasteiger partial charge in [0.2, 0.25) is 0 Å². The zero-order valence-corrected chi connectivity index (χ0v) is 19.2. The summed E-state index contributed by atoms with van der Waals surface area (Å²) in [5.41, 5.74) is 3.50. The Morgan fingerprint density at radius 3 is 2.06 bits per heavy atom. The van der Waals surface area contributed by atoms with Gasteiger partial charge in [0.05, 0.1) is 11.8 Å². The summed E-state index contributed by atoms with van der Waals surface area (Å²) in [4.78, 5) is 0. The van der Waals surface area contributed by atoms with Gasteiger partial charge in [-0.15, -0.1) is 10.2 Å². The minimum Gasteiger partial charge on any atom is -0.333 e. The lowest BCUT2D eigenvalue weighted by atomic mass is 10.1. The van der Waals surface area contributed by atoms with Crippen LogP contribution in [0.1, 0.15) is 49.5 Å². The Kier molecular flexibility index (Phi) is 5.99. The Bertz CT molecular complexity index is 1280. The van der Waals surface area contributed by atoms with Crippen molar-refractivity contribution in [1.82, 2.24) is 19.3 Å². The van der Waals surface area contributed by atoms with Gasteiger partial charge in [-0.25, -0.2) is 0 Å². The van der Waals surface area contributed by atoms with E-state index in [-0.39, 0.29) is 5.25 Å². The zero-order chi connectivity index (χ0) is 21.9. The van der Waals surface area contributed by atoms with E-state index < -0.39 is 0 Å². The van der Waals surface area contributed by atoms with E-state index in [1.807, 2.05) is 6.07 Å². The van der Waals surface area contributed by atoms with Crippen LogP contribution in [0.15, 0.2) is 78.9 Å². The lowest BCUT2D eigenvalue weighted by molar-refractivity contribution is 0.637. The van der Waals surface area contributed by atoms with Gasteiger partial charge in [0, 0.05) is 27.5 Å². The number of hydrogen-bond acceptors (Lipinski definition) is 3. The molecule has 0 aliphatic rings. The standard InChI is InChI=1S/C27H28N4S/c1-2-3-5-18-25(32)27-29-28-26(31(27)20-12-6-4-7-13-20)19-30-23-16-10-8-14-21(23)22-15-9-11-17-24(22)30/h4,6-17,25,32H,2-3,5,18-19H2,1H3. The van der Waals surface area contributed by atoms with E-state index in [1.54, 1.807) is 0 Å². The predicted octanol–water partition coefficient (Wildman–Crippen LogP) is 6.97. The minimum atomic E-state index is 0.0566. The Morgan fingerprint density at radius 2 is 1.41 bits per heavy atom. The lowest BCUT2D eigenvalue weighted by Gasteiger charge is -2.15. The largest absolute Gasteiger partial charge is 0.333 e. The molecule has 0 aliphatic heterocycles. The second-order valence-electron chi connectivity index (χ2n) is 8.28. The van der Waals surface area contributed by atoms with E-state index in [2.05, 4.69) is 99.1 Å². The lowest BCUT2D eigenvalue weighted by Crippen LogP contribution is -2.11. The van der Waals surface area contributed by atoms with Crippen molar-refractivity contribution >= 4 is 34.4 Å². The van der Waals surface area contributed by atoms with Crippen molar-refractivity contribution in [2.75, 3.05) is 0 Å². The average Bonchev–Trinajstić information content (AvgIpc) is 3.40. The van der Waals surface area contributed by atoms with Crippen molar-refractivity contribution in [1.29, 1.82) is 0 Å². The number of fused-ring (bicyclic) bond motifs is 3. The molecule has 0 aliphatic carbocycles. The number of nitrogens with zero attached hydrogens (tertiary/aromatic N) is 4. The van der Waals surface area contributed by atoms with Crippen LogP contribution in [-0.2, 0) is 6.54 Å². The van der Waals surface area contributed by atoms with Crippen molar-refractivity contribution < 1.29 is 0 Å². The molecule has 0 saturated heterocycles. The second kappa shape index (κ2) is 9.21. The fourth-order valence-electron chi connectivity index (χ4n) is 4.54. The number of para-hydroxylation sites is 3. The molecule has 5 aromatic rings. The van der Waals surface area contributed by atoms with E-state index in [0.717, 1.165) is 30.2 Å². The molecule has 0 fully saturated rings. The summed E-state index contributed by atoms with van der Waals surface area (Å²) in [6.45, 7) is 2.87. The molecule has 0 spiro atoms. The third-order valence-electron chi connectivity index (χ3n) is 6.13. The smallest absolute Gasteiger partial charge is 0.157 e. The van der Waals surface area contributed by atoms with Crippen molar-refractivity contribution in [3.8, 4) is 5.69 Å². The normalized spacial score (nSPS) is 12.6.